The summed E-state index contributed by atoms with van der Waals surface area (Å²) in [6.07, 6.45) is 3.18. The second kappa shape index (κ2) is 8.19. The summed E-state index contributed by atoms with van der Waals surface area (Å²) < 4.78 is 0. The molecular formula is C22H24N4OS. The van der Waals surface area contributed by atoms with Gasteiger partial charge in [-0.2, -0.15) is 0 Å². The van der Waals surface area contributed by atoms with Crippen LogP contribution in [0.25, 0.3) is 11.4 Å². The highest BCUT2D eigenvalue weighted by atomic mass is 32.2. The minimum absolute atomic E-state index is 0.0217. The van der Waals surface area contributed by atoms with Crippen molar-refractivity contribution in [1.29, 1.82) is 0 Å². The fourth-order valence-electron chi connectivity index (χ4n) is 3.54. The molecule has 1 aliphatic carbocycles. The lowest BCUT2D eigenvalue weighted by molar-refractivity contribution is -0.121. The van der Waals surface area contributed by atoms with Crippen LogP contribution < -0.4 is 5.32 Å². The lowest BCUT2D eigenvalue weighted by Gasteiger charge is -2.27. The maximum atomic E-state index is 12.7. The summed E-state index contributed by atoms with van der Waals surface area (Å²) in [5, 5.41) is 10.8. The van der Waals surface area contributed by atoms with Gasteiger partial charge >= 0.3 is 0 Å². The van der Waals surface area contributed by atoms with E-state index >= 15 is 0 Å². The van der Waals surface area contributed by atoms with Crippen LogP contribution in [0, 0.1) is 6.92 Å². The molecule has 4 rings (SSSR count). The van der Waals surface area contributed by atoms with Gasteiger partial charge in [-0.1, -0.05) is 65.9 Å². The molecule has 0 fully saturated rings. The molecule has 5 nitrogen and oxygen atoms in total. The van der Waals surface area contributed by atoms with Crippen LogP contribution in [0.3, 0.4) is 0 Å². The van der Waals surface area contributed by atoms with E-state index in [2.05, 4.69) is 45.6 Å². The number of H-pyrrole nitrogens is 1. The van der Waals surface area contributed by atoms with Crippen LogP contribution in [0.1, 0.15) is 42.5 Å². The Morgan fingerprint density at radius 2 is 2.00 bits per heavy atom. The monoisotopic (exact) mass is 392 g/mol. The molecule has 2 aromatic carbocycles. The SMILES string of the molecule is Cc1ccc(-c2nc(S[C@@H](C)C(=O)N[C@@H]3CCCc4ccccc43)n[nH]2)cc1. The Morgan fingerprint density at radius 1 is 1.21 bits per heavy atom. The molecule has 144 valence electrons. The van der Waals surface area contributed by atoms with Gasteiger partial charge in [0, 0.05) is 5.56 Å². The Kier molecular flexibility index (Phi) is 5.48. The van der Waals surface area contributed by atoms with Crippen molar-refractivity contribution in [2.24, 2.45) is 0 Å². The average Bonchev–Trinajstić information content (AvgIpc) is 3.17. The van der Waals surface area contributed by atoms with E-state index in [-0.39, 0.29) is 17.2 Å². The number of fused-ring (bicyclic) bond motifs is 1. The molecule has 2 atom stereocenters. The summed E-state index contributed by atoms with van der Waals surface area (Å²) in [5.41, 5.74) is 4.78. The summed E-state index contributed by atoms with van der Waals surface area (Å²) in [4.78, 5) is 17.3. The van der Waals surface area contributed by atoms with Gasteiger partial charge in [-0.05, 0) is 44.2 Å². The number of carbonyl (C=O) groups is 1. The lowest BCUT2D eigenvalue weighted by atomic mass is 9.88. The number of amides is 1. The summed E-state index contributed by atoms with van der Waals surface area (Å²) >= 11 is 1.37. The van der Waals surface area contributed by atoms with Gasteiger partial charge in [-0.3, -0.25) is 9.89 Å². The van der Waals surface area contributed by atoms with Crippen LogP contribution in [0.2, 0.25) is 0 Å². The van der Waals surface area contributed by atoms with Crippen LogP contribution in [0.15, 0.2) is 53.7 Å². The molecule has 28 heavy (non-hydrogen) atoms. The number of aromatic nitrogens is 3. The molecule has 0 radical (unpaired) electrons. The summed E-state index contributed by atoms with van der Waals surface area (Å²) in [7, 11) is 0. The average molecular weight is 393 g/mol. The number of nitrogens with zero attached hydrogens (tertiary/aromatic N) is 2. The first-order valence-electron chi connectivity index (χ1n) is 9.64. The number of thioether (sulfide) groups is 1. The highest BCUT2D eigenvalue weighted by Crippen LogP contribution is 2.30. The van der Waals surface area contributed by atoms with Crippen LogP contribution in [0.4, 0.5) is 0 Å². The van der Waals surface area contributed by atoms with E-state index in [4.69, 9.17) is 0 Å². The quantitative estimate of drug-likeness (QED) is 0.629. The number of hydrogen-bond acceptors (Lipinski definition) is 4. The van der Waals surface area contributed by atoms with Crippen molar-refractivity contribution >= 4 is 17.7 Å². The fourth-order valence-corrected chi connectivity index (χ4v) is 4.28. The van der Waals surface area contributed by atoms with E-state index in [1.807, 2.05) is 37.3 Å². The largest absolute Gasteiger partial charge is 0.348 e. The molecule has 0 aliphatic heterocycles. The molecular weight excluding hydrogens is 368 g/mol. The van der Waals surface area contributed by atoms with E-state index < -0.39 is 0 Å². The summed E-state index contributed by atoms with van der Waals surface area (Å²) in [6.45, 7) is 3.95. The molecule has 2 N–H and O–H groups in total. The minimum Gasteiger partial charge on any atom is -0.348 e. The van der Waals surface area contributed by atoms with Crippen molar-refractivity contribution in [2.75, 3.05) is 0 Å². The van der Waals surface area contributed by atoms with E-state index in [1.54, 1.807) is 0 Å². The zero-order valence-electron chi connectivity index (χ0n) is 16.1. The number of nitrogens with one attached hydrogen (secondary N) is 2. The third-order valence-electron chi connectivity index (χ3n) is 5.13. The van der Waals surface area contributed by atoms with Crippen LogP contribution in [-0.4, -0.2) is 26.3 Å². The predicted octanol–water partition coefficient (Wildman–Crippen LogP) is 4.45. The standard InChI is InChI=1S/C22H24N4OS/c1-14-10-12-17(13-11-14)20-24-22(26-25-20)28-15(2)21(27)23-19-9-5-7-16-6-3-4-8-18(16)19/h3-4,6,8,10-13,15,19H,5,7,9H2,1-2H3,(H,23,27)(H,24,25,26)/t15-,19+/m0/s1. The second-order valence-electron chi connectivity index (χ2n) is 7.24. The minimum atomic E-state index is -0.268. The molecule has 1 heterocycles. The van der Waals surface area contributed by atoms with Crippen molar-refractivity contribution in [3.05, 3.63) is 65.2 Å². The molecule has 0 bridgehead atoms. The van der Waals surface area contributed by atoms with Gasteiger partial charge in [0.2, 0.25) is 11.1 Å². The fraction of sp³-hybridized carbons (Fsp3) is 0.318. The van der Waals surface area contributed by atoms with Gasteiger partial charge in [-0.25, -0.2) is 4.98 Å². The maximum absolute atomic E-state index is 12.7. The van der Waals surface area contributed by atoms with E-state index in [9.17, 15) is 4.79 Å². The van der Waals surface area contributed by atoms with Gasteiger partial charge in [-0.15, -0.1) is 5.10 Å². The van der Waals surface area contributed by atoms with Gasteiger partial charge in [0.1, 0.15) is 0 Å². The highest BCUT2D eigenvalue weighted by Gasteiger charge is 2.24. The topological polar surface area (TPSA) is 70.7 Å². The first-order valence-corrected chi connectivity index (χ1v) is 10.5. The zero-order valence-corrected chi connectivity index (χ0v) is 16.9. The van der Waals surface area contributed by atoms with Crippen LogP contribution in [-0.2, 0) is 11.2 Å². The van der Waals surface area contributed by atoms with Crippen molar-refractivity contribution < 1.29 is 4.79 Å². The third-order valence-corrected chi connectivity index (χ3v) is 6.09. The first-order chi connectivity index (χ1) is 13.6. The van der Waals surface area contributed by atoms with Gasteiger partial charge < -0.3 is 5.32 Å². The van der Waals surface area contributed by atoms with Crippen molar-refractivity contribution in [2.45, 2.75) is 49.6 Å². The van der Waals surface area contributed by atoms with Crippen LogP contribution in [0.5, 0.6) is 0 Å². The smallest absolute Gasteiger partial charge is 0.233 e. The zero-order chi connectivity index (χ0) is 19.5. The van der Waals surface area contributed by atoms with E-state index in [0.717, 1.165) is 30.7 Å². The molecule has 6 heteroatoms. The predicted molar refractivity (Wildman–Crippen MR) is 112 cm³/mol. The molecule has 3 aromatic rings. The number of rotatable bonds is 5. The first kappa shape index (κ1) is 18.7. The number of benzene rings is 2. The molecule has 1 aliphatic rings. The van der Waals surface area contributed by atoms with Crippen molar-refractivity contribution in [3.8, 4) is 11.4 Å². The summed E-state index contributed by atoms with van der Waals surface area (Å²) in [5.74, 6) is 0.740. The molecule has 0 saturated heterocycles. The second-order valence-corrected chi connectivity index (χ2v) is 8.55. The Labute approximate surface area is 169 Å². The molecule has 1 aromatic heterocycles. The highest BCUT2D eigenvalue weighted by molar-refractivity contribution is 8.00. The molecule has 0 unspecified atom stereocenters. The number of aromatic amines is 1. The normalized spacial score (nSPS) is 17.0. The van der Waals surface area contributed by atoms with E-state index in [0.29, 0.717) is 5.16 Å². The Hall–Kier alpha value is -2.60. The van der Waals surface area contributed by atoms with E-state index in [1.165, 1.54) is 28.5 Å². The van der Waals surface area contributed by atoms with Crippen LogP contribution >= 0.6 is 11.8 Å². The summed E-state index contributed by atoms with van der Waals surface area (Å²) in [6, 6.07) is 16.6. The Bertz CT molecular complexity index is 967. The number of aryl methyl sites for hydroxylation is 2. The Balaban J connectivity index is 1.40. The van der Waals surface area contributed by atoms with Gasteiger partial charge in [0.25, 0.3) is 0 Å². The van der Waals surface area contributed by atoms with Crippen molar-refractivity contribution in [1.82, 2.24) is 20.5 Å². The van der Waals surface area contributed by atoms with Gasteiger partial charge in [0.15, 0.2) is 5.82 Å². The number of carbonyl (C=O) groups excluding carboxylic acids is 1. The molecule has 0 saturated carbocycles. The Morgan fingerprint density at radius 3 is 2.82 bits per heavy atom. The van der Waals surface area contributed by atoms with Gasteiger partial charge in [0.05, 0.1) is 11.3 Å². The maximum Gasteiger partial charge on any atom is 0.233 e. The lowest BCUT2D eigenvalue weighted by Crippen LogP contribution is -2.35. The third kappa shape index (κ3) is 4.12. The number of hydrogen-bond donors (Lipinski definition) is 2. The molecule has 1 amide bonds. The van der Waals surface area contributed by atoms with Crippen molar-refractivity contribution in [3.63, 3.8) is 0 Å². The molecule has 0 spiro atoms.